The monoisotopic (exact) mass is 222 g/mol. The van der Waals surface area contributed by atoms with Crippen LogP contribution < -0.4 is 0 Å². The van der Waals surface area contributed by atoms with Gasteiger partial charge in [0, 0.05) is 0 Å². The van der Waals surface area contributed by atoms with E-state index in [0.29, 0.717) is 6.29 Å². The van der Waals surface area contributed by atoms with E-state index in [-0.39, 0.29) is 5.92 Å². The summed E-state index contributed by atoms with van der Waals surface area (Å²) in [5.41, 5.74) is 1.27. The second-order valence-electron chi connectivity index (χ2n) is 3.55. The minimum atomic E-state index is -1.23. The zero-order chi connectivity index (χ0) is 10.5. The molecule has 0 radical (unpaired) electrons. The number of carbonyl (C=O) groups is 1. The predicted octanol–water partition coefficient (Wildman–Crippen LogP) is 3.74. The van der Waals surface area contributed by atoms with Crippen molar-refractivity contribution in [3.05, 3.63) is 11.6 Å². The van der Waals surface area contributed by atoms with Gasteiger partial charge in [0.25, 0.3) is 0 Å². The normalized spacial score (nSPS) is 13.6. The first-order valence-corrected chi connectivity index (χ1v) is 5.13. The molecule has 0 aromatic heterocycles. The van der Waals surface area contributed by atoms with Gasteiger partial charge in [-0.2, -0.15) is 0 Å². The highest BCUT2D eigenvalue weighted by molar-refractivity contribution is 6.55. The summed E-state index contributed by atoms with van der Waals surface area (Å²) in [5, 5.41) is 0. The molecule has 0 spiro atoms. The number of carbonyl (C=O) groups excluding carboxylic acids is 1. The molecule has 0 aliphatic rings. The molecule has 3 heteroatoms. The van der Waals surface area contributed by atoms with E-state index in [9.17, 15) is 4.79 Å². The average molecular weight is 223 g/mol. The van der Waals surface area contributed by atoms with E-state index >= 15 is 0 Å². The Morgan fingerprint density at radius 2 is 2.00 bits per heavy atom. The van der Waals surface area contributed by atoms with Gasteiger partial charge in [-0.1, -0.05) is 41.8 Å². The number of alkyl halides is 2. The Morgan fingerprint density at radius 1 is 1.46 bits per heavy atom. The maximum Gasteiger partial charge on any atom is 0.175 e. The van der Waals surface area contributed by atoms with E-state index < -0.39 is 4.33 Å². The van der Waals surface area contributed by atoms with Crippen molar-refractivity contribution in [2.75, 3.05) is 0 Å². The lowest BCUT2D eigenvalue weighted by molar-refractivity contribution is -0.109. The van der Waals surface area contributed by atoms with Crippen LogP contribution >= 0.6 is 23.2 Å². The molecule has 1 atom stereocenters. The van der Waals surface area contributed by atoms with Crippen LogP contribution in [0.4, 0.5) is 0 Å². The summed E-state index contributed by atoms with van der Waals surface area (Å²) >= 11 is 11.5. The first-order chi connectivity index (χ1) is 5.90. The molecule has 76 valence electrons. The van der Waals surface area contributed by atoms with Crippen LogP contribution in [0.1, 0.15) is 33.6 Å². The molecule has 0 amide bonds. The van der Waals surface area contributed by atoms with Gasteiger partial charge in [-0.15, -0.1) is 0 Å². The summed E-state index contributed by atoms with van der Waals surface area (Å²) in [6, 6.07) is 0. The molecular formula is C10H16Cl2O. The van der Waals surface area contributed by atoms with Gasteiger partial charge in [-0.25, -0.2) is 0 Å². The van der Waals surface area contributed by atoms with Crippen LogP contribution in [0.15, 0.2) is 11.6 Å². The zero-order valence-electron chi connectivity index (χ0n) is 8.31. The van der Waals surface area contributed by atoms with Crippen molar-refractivity contribution < 1.29 is 4.79 Å². The zero-order valence-corrected chi connectivity index (χ0v) is 9.82. The van der Waals surface area contributed by atoms with Gasteiger partial charge < -0.3 is 4.79 Å². The van der Waals surface area contributed by atoms with Crippen molar-refractivity contribution in [1.29, 1.82) is 0 Å². The molecule has 0 aliphatic heterocycles. The number of aldehydes is 1. The fourth-order valence-corrected chi connectivity index (χ4v) is 1.15. The predicted molar refractivity (Wildman–Crippen MR) is 58.3 cm³/mol. The fraction of sp³-hybridized carbons (Fsp3) is 0.700. The minimum Gasteiger partial charge on any atom is -0.300 e. The van der Waals surface area contributed by atoms with Gasteiger partial charge in [0.15, 0.2) is 10.6 Å². The number of allylic oxidation sites excluding steroid dienone is 2. The molecule has 1 unspecified atom stereocenters. The van der Waals surface area contributed by atoms with Crippen molar-refractivity contribution in [1.82, 2.24) is 0 Å². The molecule has 0 N–H and O–H groups in total. The molecule has 0 saturated heterocycles. The number of hydrogen-bond acceptors (Lipinski definition) is 1. The summed E-state index contributed by atoms with van der Waals surface area (Å²) in [5.74, 6) is -0.0102. The molecule has 0 rings (SSSR count). The molecule has 0 aliphatic carbocycles. The summed E-state index contributed by atoms with van der Waals surface area (Å²) < 4.78 is -1.23. The second-order valence-corrected chi connectivity index (χ2v) is 5.00. The van der Waals surface area contributed by atoms with E-state index in [1.165, 1.54) is 5.57 Å². The summed E-state index contributed by atoms with van der Waals surface area (Å²) in [4.78, 5) is 10.5. The number of hydrogen-bond donors (Lipinski definition) is 0. The lowest BCUT2D eigenvalue weighted by Gasteiger charge is -2.19. The summed E-state index contributed by atoms with van der Waals surface area (Å²) in [6.45, 7) is 5.96. The maximum absolute atomic E-state index is 10.5. The van der Waals surface area contributed by atoms with Gasteiger partial charge in [0.05, 0.1) is 0 Å². The third kappa shape index (κ3) is 5.33. The van der Waals surface area contributed by atoms with E-state index in [1.54, 1.807) is 0 Å². The van der Waals surface area contributed by atoms with Gasteiger partial charge >= 0.3 is 0 Å². The lowest BCUT2D eigenvalue weighted by atomic mass is 10.0. The molecule has 0 aromatic carbocycles. The molecule has 1 nitrogen and oxygen atoms in total. The van der Waals surface area contributed by atoms with Crippen LogP contribution in [0.5, 0.6) is 0 Å². The van der Waals surface area contributed by atoms with Crippen molar-refractivity contribution >= 4 is 29.5 Å². The minimum absolute atomic E-state index is 0.0102. The molecule has 0 bridgehead atoms. The number of rotatable bonds is 5. The topological polar surface area (TPSA) is 17.1 Å². The first-order valence-electron chi connectivity index (χ1n) is 4.37. The molecule has 0 fully saturated rings. The summed E-state index contributed by atoms with van der Waals surface area (Å²) in [7, 11) is 0. The van der Waals surface area contributed by atoms with E-state index in [4.69, 9.17) is 23.2 Å². The second kappa shape index (κ2) is 5.66. The van der Waals surface area contributed by atoms with Gasteiger partial charge in [-0.05, 0) is 32.6 Å². The quantitative estimate of drug-likeness (QED) is 0.394. The van der Waals surface area contributed by atoms with Crippen molar-refractivity contribution in [2.24, 2.45) is 5.92 Å². The Kier molecular flexibility index (Phi) is 5.66. The Bertz CT molecular complexity index is 193. The third-order valence-electron chi connectivity index (χ3n) is 1.97. The lowest BCUT2D eigenvalue weighted by Crippen LogP contribution is -2.24. The van der Waals surface area contributed by atoms with Crippen molar-refractivity contribution in [3.8, 4) is 0 Å². The smallest absolute Gasteiger partial charge is 0.175 e. The highest BCUT2D eigenvalue weighted by Gasteiger charge is 2.30. The highest BCUT2D eigenvalue weighted by Crippen LogP contribution is 2.31. The van der Waals surface area contributed by atoms with Gasteiger partial charge in [-0.3, -0.25) is 0 Å². The first kappa shape index (κ1) is 13.0. The Hall–Kier alpha value is -0.0100. The molecule has 0 heterocycles. The maximum atomic E-state index is 10.5. The van der Waals surface area contributed by atoms with Crippen molar-refractivity contribution in [3.63, 3.8) is 0 Å². The van der Waals surface area contributed by atoms with E-state index in [2.05, 4.69) is 6.08 Å². The Morgan fingerprint density at radius 3 is 2.38 bits per heavy atom. The highest BCUT2D eigenvalue weighted by atomic mass is 35.5. The average Bonchev–Trinajstić information content (AvgIpc) is 2.03. The Balaban J connectivity index is 3.94. The molecule has 0 aromatic rings. The van der Waals surface area contributed by atoms with Crippen LogP contribution in [-0.2, 0) is 4.79 Å². The van der Waals surface area contributed by atoms with Crippen molar-refractivity contribution in [2.45, 2.75) is 37.9 Å². The Labute approximate surface area is 90.1 Å². The molecule has 0 saturated carbocycles. The van der Waals surface area contributed by atoms with Crippen LogP contribution in [0.2, 0.25) is 0 Å². The van der Waals surface area contributed by atoms with Crippen LogP contribution in [-0.4, -0.2) is 10.6 Å². The van der Waals surface area contributed by atoms with Crippen LogP contribution in [0, 0.1) is 5.92 Å². The standard InChI is InChI=1S/C10H16Cl2O/c1-8(2)5-4-6-9(3)10(11,12)7-13/h5,7,9H,4,6H2,1-3H3. The van der Waals surface area contributed by atoms with E-state index in [1.807, 2.05) is 20.8 Å². The SMILES string of the molecule is CC(C)=CCCC(C)C(Cl)(Cl)C=O. The van der Waals surface area contributed by atoms with E-state index in [0.717, 1.165) is 12.8 Å². The van der Waals surface area contributed by atoms with Crippen LogP contribution in [0.25, 0.3) is 0 Å². The molecule has 13 heavy (non-hydrogen) atoms. The van der Waals surface area contributed by atoms with Crippen LogP contribution in [0.3, 0.4) is 0 Å². The van der Waals surface area contributed by atoms with Gasteiger partial charge in [0.2, 0.25) is 0 Å². The number of halogens is 2. The summed E-state index contributed by atoms with van der Waals surface area (Å²) in [6.07, 6.45) is 4.46. The largest absolute Gasteiger partial charge is 0.300 e. The van der Waals surface area contributed by atoms with Gasteiger partial charge in [0.1, 0.15) is 0 Å². The molecular weight excluding hydrogens is 207 g/mol. The fourth-order valence-electron chi connectivity index (χ4n) is 0.931. The third-order valence-corrected chi connectivity index (χ3v) is 2.89.